The predicted molar refractivity (Wildman–Crippen MR) is 85.8 cm³/mol. The van der Waals surface area contributed by atoms with Gasteiger partial charge in [0, 0.05) is 0 Å². The van der Waals surface area contributed by atoms with Crippen molar-refractivity contribution < 1.29 is 39.4 Å². The van der Waals surface area contributed by atoms with Crippen LogP contribution in [-0.4, -0.2) is 63.7 Å². The molecule has 6 unspecified atom stereocenters. The molecule has 0 amide bonds. The Morgan fingerprint density at radius 1 is 1.16 bits per heavy atom. The number of aliphatic hydroxyl groups excluding tert-OH is 3. The van der Waals surface area contributed by atoms with Crippen molar-refractivity contribution in [2.24, 2.45) is 5.92 Å². The van der Waals surface area contributed by atoms with Gasteiger partial charge >= 0.3 is 5.97 Å². The second kappa shape index (κ2) is 8.48. The van der Waals surface area contributed by atoms with Crippen molar-refractivity contribution in [3.63, 3.8) is 0 Å². The van der Waals surface area contributed by atoms with Crippen LogP contribution in [0.5, 0.6) is 11.5 Å². The molecule has 1 aromatic rings. The second-order valence-electron chi connectivity index (χ2n) is 6.07. The van der Waals surface area contributed by atoms with Crippen LogP contribution >= 0.6 is 0 Å². The van der Waals surface area contributed by atoms with Crippen LogP contribution in [0, 0.1) is 5.92 Å². The maximum atomic E-state index is 11.7. The first-order valence-electron chi connectivity index (χ1n) is 8.15. The highest BCUT2D eigenvalue weighted by Gasteiger charge is 2.45. The maximum Gasteiger partial charge on any atom is 0.308 e. The van der Waals surface area contributed by atoms with Crippen molar-refractivity contribution in [3.8, 4) is 11.5 Å². The number of aliphatic hydroxyl groups is 3. The Morgan fingerprint density at radius 3 is 2.40 bits per heavy atom. The van der Waals surface area contributed by atoms with Crippen molar-refractivity contribution in [3.05, 3.63) is 24.3 Å². The number of carbonyl (C=O) groups is 1. The topological polar surface area (TPSA) is 126 Å². The Bertz CT molecular complexity index is 560. The van der Waals surface area contributed by atoms with Gasteiger partial charge in [0.2, 0.25) is 6.29 Å². The van der Waals surface area contributed by atoms with E-state index in [1.54, 1.807) is 6.92 Å². The molecule has 1 fully saturated rings. The summed E-state index contributed by atoms with van der Waals surface area (Å²) in [4.78, 5) is 11.7. The molecule has 25 heavy (non-hydrogen) atoms. The number of aromatic hydroxyl groups is 1. The Labute approximate surface area is 145 Å². The predicted octanol–water partition coefficient (Wildman–Crippen LogP) is 0.168. The smallest absolute Gasteiger partial charge is 0.308 e. The zero-order valence-electron chi connectivity index (χ0n) is 14.1. The van der Waals surface area contributed by atoms with Crippen molar-refractivity contribution in [2.75, 3.05) is 6.61 Å². The number of benzene rings is 1. The molecule has 1 aliphatic rings. The van der Waals surface area contributed by atoms with E-state index in [1.165, 1.54) is 24.3 Å². The van der Waals surface area contributed by atoms with Gasteiger partial charge in [0.1, 0.15) is 42.5 Å². The third-order valence-corrected chi connectivity index (χ3v) is 4.16. The van der Waals surface area contributed by atoms with E-state index in [9.17, 15) is 25.2 Å². The Kier molecular flexibility index (Phi) is 6.60. The van der Waals surface area contributed by atoms with Gasteiger partial charge in [-0.15, -0.1) is 0 Å². The molecular formula is C17H24O8. The molecule has 0 aromatic heterocycles. The number of esters is 1. The molecule has 6 atom stereocenters. The zero-order chi connectivity index (χ0) is 18.6. The lowest BCUT2D eigenvalue weighted by Crippen LogP contribution is -2.60. The first-order valence-corrected chi connectivity index (χ1v) is 8.15. The fourth-order valence-corrected chi connectivity index (χ4v) is 2.28. The van der Waals surface area contributed by atoms with Gasteiger partial charge in [-0.25, -0.2) is 0 Å². The second-order valence-corrected chi connectivity index (χ2v) is 6.07. The first kappa shape index (κ1) is 19.5. The van der Waals surface area contributed by atoms with Gasteiger partial charge in [-0.2, -0.15) is 0 Å². The summed E-state index contributed by atoms with van der Waals surface area (Å²) in [6.07, 6.45) is -6.16. The fourth-order valence-electron chi connectivity index (χ4n) is 2.28. The summed E-state index contributed by atoms with van der Waals surface area (Å²) in [5.74, 6) is -0.390. The van der Waals surface area contributed by atoms with Gasteiger partial charge < -0.3 is 34.6 Å². The molecule has 1 heterocycles. The summed E-state index contributed by atoms with van der Waals surface area (Å²) < 4.78 is 16.0. The lowest BCUT2D eigenvalue weighted by atomic mass is 9.99. The molecule has 0 radical (unpaired) electrons. The first-order chi connectivity index (χ1) is 11.8. The van der Waals surface area contributed by atoms with Crippen molar-refractivity contribution in [2.45, 2.75) is 51.0 Å². The average molecular weight is 356 g/mol. The van der Waals surface area contributed by atoms with Crippen molar-refractivity contribution in [1.82, 2.24) is 0 Å². The van der Waals surface area contributed by atoms with E-state index in [0.717, 1.165) is 0 Å². The van der Waals surface area contributed by atoms with E-state index in [-0.39, 0.29) is 18.3 Å². The van der Waals surface area contributed by atoms with E-state index >= 15 is 0 Å². The molecule has 0 aliphatic carbocycles. The summed E-state index contributed by atoms with van der Waals surface area (Å²) in [6, 6.07) is 5.70. The van der Waals surface area contributed by atoms with E-state index in [4.69, 9.17) is 14.2 Å². The van der Waals surface area contributed by atoms with E-state index in [2.05, 4.69) is 0 Å². The standard InChI is InChI=1S/C17H24O8/c1-3-9(2)16(22)23-8-12-13(19)14(20)15(21)17(25-12)24-11-6-4-10(18)5-7-11/h4-7,9,12-15,17-21H,3,8H2,1-2H3. The van der Waals surface area contributed by atoms with Gasteiger partial charge in [0.05, 0.1) is 5.92 Å². The summed E-state index contributed by atoms with van der Waals surface area (Å²) in [5.41, 5.74) is 0. The lowest BCUT2D eigenvalue weighted by molar-refractivity contribution is -0.278. The minimum Gasteiger partial charge on any atom is -0.508 e. The number of rotatable bonds is 6. The molecule has 0 bridgehead atoms. The number of hydrogen-bond acceptors (Lipinski definition) is 8. The molecule has 2 rings (SSSR count). The van der Waals surface area contributed by atoms with Crippen LogP contribution in [0.15, 0.2) is 24.3 Å². The van der Waals surface area contributed by atoms with Gasteiger partial charge in [0.25, 0.3) is 0 Å². The van der Waals surface area contributed by atoms with E-state index in [0.29, 0.717) is 12.2 Å². The molecule has 8 heteroatoms. The zero-order valence-corrected chi connectivity index (χ0v) is 14.1. The summed E-state index contributed by atoms with van der Waals surface area (Å²) in [7, 11) is 0. The molecule has 8 nitrogen and oxygen atoms in total. The van der Waals surface area contributed by atoms with Gasteiger partial charge in [0.15, 0.2) is 0 Å². The molecule has 1 aromatic carbocycles. The van der Waals surface area contributed by atoms with Crippen LogP contribution in [0.4, 0.5) is 0 Å². The van der Waals surface area contributed by atoms with Gasteiger partial charge in [-0.05, 0) is 30.7 Å². The van der Waals surface area contributed by atoms with Crippen LogP contribution in [0.2, 0.25) is 0 Å². The van der Waals surface area contributed by atoms with Crippen LogP contribution in [0.25, 0.3) is 0 Å². The summed E-state index contributed by atoms with van der Waals surface area (Å²) >= 11 is 0. The molecular weight excluding hydrogens is 332 g/mol. The quantitative estimate of drug-likeness (QED) is 0.532. The maximum absolute atomic E-state index is 11.7. The number of hydrogen-bond donors (Lipinski definition) is 4. The molecule has 0 saturated carbocycles. The third-order valence-electron chi connectivity index (χ3n) is 4.16. The van der Waals surface area contributed by atoms with Crippen LogP contribution in [0.3, 0.4) is 0 Å². The van der Waals surface area contributed by atoms with Crippen LogP contribution in [0.1, 0.15) is 20.3 Å². The molecule has 0 spiro atoms. The average Bonchev–Trinajstić information content (AvgIpc) is 2.61. The molecule has 1 saturated heterocycles. The Morgan fingerprint density at radius 2 is 1.80 bits per heavy atom. The number of phenolic OH excluding ortho intramolecular Hbond substituents is 1. The highest BCUT2D eigenvalue weighted by atomic mass is 16.7. The normalized spacial score (nSPS) is 30.5. The lowest BCUT2D eigenvalue weighted by Gasteiger charge is -2.40. The minimum absolute atomic E-state index is 0.0442. The van der Waals surface area contributed by atoms with E-state index < -0.39 is 36.7 Å². The number of ether oxygens (including phenoxy) is 3. The van der Waals surface area contributed by atoms with Crippen molar-refractivity contribution in [1.29, 1.82) is 0 Å². The summed E-state index contributed by atoms with van der Waals surface area (Å²) in [6.45, 7) is 3.29. The molecule has 140 valence electrons. The minimum atomic E-state index is -1.52. The summed E-state index contributed by atoms with van der Waals surface area (Å²) in [5, 5.41) is 39.3. The van der Waals surface area contributed by atoms with Gasteiger partial charge in [-0.3, -0.25) is 4.79 Å². The Balaban J connectivity index is 2.01. The monoisotopic (exact) mass is 356 g/mol. The van der Waals surface area contributed by atoms with Crippen LogP contribution in [-0.2, 0) is 14.3 Å². The number of phenols is 1. The molecule has 1 aliphatic heterocycles. The fraction of sp³-hybridized carbons (Fsp3) is 0.588. The van der Waals surface area contributed by atoms with E-state index in [1.807, 2.05) is 6.92 Å². The van der Waals surface area contributed by atoms with Crippen molar-refractivity contribution >= 4 is 5.97 Å². The SMILES string of the molecule is CCC(C)C(=O)OCC1OC(Oc2ccc(O)cc2)C(O)C(O)C1O. The Hall–Kier alpha value is -1.87. The third kappa shape index (κ3) is 4.82. The largest absolute Gasteiger partial charge is 0.508 e. The number of carbonyl (C=O) groups excluding carboxylic acids is 1. The van der Waals surface area contributed by atoms with Gasteiger partial charge in [-0.1, -0.05) is 13.8 Å². The molecule has 4 N–H and O–H groups in total. The highest BCUT2D eigenvalue weighted by molar-refractivity contribution is 5.71. The highest BCUT2D eigenvalue weighted by Crippen LogP contribution is 2.25. The van der Waals surface area contributed by atoms with Crippen LogP contribution < -0.4 is 4.74 Å².